The highest BCUT2D eigenvalue weighted by molar-refractivity contribution is 5.86. The molecule has 0 aliphatic heterocycles. The van der Waals surface area contributed by atoms with Gasteiger partial charge in [-0.3, -0.25) is 14.2 Å². The highest BCUT2D eigenvalue weighted by atomic mass is 16.1. The van der Waals surface area contributed by atoms with Gasteiger partial charge in [-0.05, 0) is 17.5 Å². The molecule has 1 aromatic carbocycles. The number of terminal acetylenes is 1. The van der Waals surface area contributed by atoms with Gasteiger partial charge in [0.05, 0.1) is 17.6 Å². The Hall–Kier alpha value is -2.34. The Kier molecular flexibility index (Phi) is 2.57. The van der Waals surface area contributed by atoms with Gasteiger partial charge in [-0.15, -0.1) is 6.42 Å². The van der Waals surface area contributed by atoms with Crippen LogP contribution in [-0.2, 0) is 6.54 Å². The molecule has 0 saturated carbocycles. The zero-order valence-electron chi connectivity index (χ0n) is 8.51. The molecule has 1 heterocycles. The topological polar surface area (TPSA) is 39.1 Å². The first kappa shape index (κ1) is 10.2. The van der Waals surface area contributed by atoms with Gasteiger partial charge in [0, 0.05) is 0 Å². The lowest BCUT2D eigenvalue weighted by atomic mass is 10.1. The number of aromatic nitrogens is 1. The Morgan fingerprint density at radius 2 is 2.12 bits per heavy atom. The zero-order chi connectivity index (χ0) is 11.5. The Bertz CT molecular complexity index is 647. The van der Waals surface area contributed by atoms with Gasteiger partial charge in [-0.2, -0.15) is 0 Å². The van der Waals surface area contributed by atoms with Crippen LogP contribution in [0.15, 0.2) is 35.1 Å². The normalized spacial score (nSPS) is 9.94. The number of fused-ring (bicyclic) bond motifs is 1. The maximum atomic E-state index is 11.8. The summed E-state index contributed by atoms with van der Waals surface area (Å²) in [5.74, 6) is 2.42. The summed E-state index contributed by atoms with van der Waals surface area (Å²) in [5.41, 5.74) is 0.539. The molecule has 3 heteroatoms. The number of carbonyl (C=O) groups excluding carboxylic acids is 1. The summed E-state index contributed by atoms with van der Waals surface area (Å²) in [6, 6.07) is 8.91. The van der Waals surface area contributed by atoms with Gasteiger partial charge >= 0.3 is 0 Å². The monoisotopic (exact) mass is 211 g/mol. The second-order valence-corrected chi connectivity index (χ2v) is 3.37. The molecular formula is C13H9NO2. The van der Waals surface area contributed by atoms with Crippen LogP contribution < -0.4 is 5.56 Å². The number of hydrogen-bond donors (Lipinski definition) is 0. The van der Waals surface area contributed by atoms with E-state index in [2.05, 4.69) is 5.92 Å². The van der Waals surface area contributed by atoms with Crippen LogP contribution in [0.5, 0.6) is 0 Å². The van der Waals surface area contributed by atoms with Crippen LogP contribution in [0.1, 0.15) is 10.4 Å². The summed E-state index contributed by atoms with van der Waals surface area (Å²) < 4.78 is 1.43. The average Bonchev–Trinajstić information content (AvgIpc) is 2.32. The number of benzene rings is 1. The molecule has 0 saturated heterocycles. The van der Waals surface area contributed by atoms with E-state index in [1.54, 1.807) is 6.07 Å². The van der Waals surface area contributed by atoms with Gasteiger partial charge in [-0.25, -0.2) is 0 Å². The van der Waals surface area contributed by atoms with Crippen LogP contribution in [0, 0.1) is 12.3 Å². The van der Waals surface area contributed by atoms with Crippen molar-refractivity contribution >= 4 is 17.2 Å². The number of aldehydes is 1. The van der Waals surface area contributed by atoms with Crippen molar-refractivity contribution in [1.82, 2.24) is 4.57 Å². The van der Waals surface area contributed by atoms with Crippen molar-refractivity contribution in [1.29, 1.82) is 0 Å². The fraction of sp³-hybridized carbons (Fsp3) is 0.0769. The maximum Gasteiger partial charge on any atom is 0.262 e. The summed E-state index contributed by atoms with van der Waals surface area (Å²) in [6.45, 7) is 0.168. The molecule has 2 aromatic rings. The number of hydrogen-bond acceptors (Lipinski definition) is 2. The minimum atomic E-state index is -0.341. The first-order chi connectivity index (χ1) is 7.77. The maximum absolute atomic E-state index is 11.8. The van der Waals surface area contributed by atoms with E-state index < -0.39 is 0 Å². The van der Waals surface area contributed by atoms with Crippen LogP contribution in [0.2, 0.25) is 0 Å². The standard InChI is InChI=1S/C13H9NO2/c1-2-7-14-12-6-4-3-5-10(12)8-11(9-15)13(14)16/h1,3-6,8-9H,7H2. The Balaban J connectivity index is 2.92. The molecule has 0 amide bonds. The smallest absolute Gasteiger partial charge is 0.262 e. The first-order valence-electron chi connectivity index (χ1n) is 4.79. The van der Waals surface area contributed by atoms with Crippen molar-refractivity contribution in [3.63, 3.8) is 0 Å². The lowest BCUT2D eigenvalue weighted by Gasteiger charge is -2.07. The van der Waals surface area contributed by atoms with E-state index in [4.69, 9.17) is 6.42 Å². The second-order valence-electron chi connectivity index (χ2n) is 3.37. The number of para-hydroxylation sites is 1. The predicted molar refractivity (Wildman–Crippen MR) is 62.4 cm³/mol. The van der Waals surface area contributed by atoms with Gasteiger partial charge in [0.1, 0.15) is 0 Å². The van der Waals surface area contributed by atoms with E-state index in [0.29, 0.717) is 6.29 Å². The third-order valence-electron chi connectivity index (χ3n) is 2.41. The van der Waals surface area contributed by atoms with Crippen LogP contribution in [0.3, 0.4) is 0 Å². The van der Waals surface area contributed by atoms with E-state index in [9.17, 15) is 9.59 Å². The predicted octanol–water partition coefficient (Wildman–Crippen LogP) is 1.45. The molecule has 0 N–H and O–H groups in total. The molecule has 0 aliphatic rings. The third-order valence-corrected chi connectivity index (χ3v) is 2.41. The fourth-order valence-electron chi connectivity index (χ4n) is 1.68. The Morgan fingerprint density at radius 1 is 1.38 bits per heavy atom. The molecule has 0 bridgehead atoms. The minimum Gasteiger partial charge on any atom is -0.298 e. The van der Waals surface area contributed by atoms with Crippen LogP contribution in [-0.4, -0.2) is 10.9 Å². The fourth-order valence-corrected chi connectivity index (χ4v) is 1.68. The van der Waals surface area contributed by atoms with E-state index in [0.717, 1.165) is 10.9 Å². The van der Waals surface area contributed by atoms with Gasteiger partial charge in [-0.1, -0.05) is 24.1 Å². The first-order valence-corrected chi connectivity index (χ1v) is 4.79. The van der Waals surface area contributed by atoms with Crippen LogP contribution in [0.25, 0.3) is 10.9 Å². The van der Waals surface area contributed by atoms with Crippen LogP contribution >= 0.6 is 0 Å². The van der Waals surface area contributed by atoms with Crippen molar-refractivity contribution in [2.24, 2.45) is 0 Å². The molecular weight excluding hydrogens is 202 g/mol. The van der Waals surface area contributed by atoms with Gasteiger partial charge in [0.15, 0.2) is 6.29 Å². The van der Waals surface area contributed by atoms with Gasteiger partial charge in [0.25, 0.3) is 5.56 Å². The number of nitrogens with zero attached hydrogens (tertiary/aromatic N) is 1. The molecule has 1 aromatic heterocycles. The molecule has 3 nitrogen and oxygen atoms in total. The molecule has 78 valence electrons. The minimum absolute atomic E-state index is 0.133. The lowest BCUT2D eigenvalue weighted by Crippen LogP contribution is -2.23. The van der Waals surface area contributed by atoms with Crippen molar-refractivity contribution in [2.75, 3.05) is 0 Å². The second kappa shape index (κ2) is 4.03. The Labute approximate surface area is 92.3 Å². The highest BCUT2D eigenvalue weighted by Crippen LogP contribution is 2.12. The molecule has 0 atom stereocenters. The van der Waals surface area contributed by atoms with Gasteiger partial charge in [0.2, 0.25) is 0 Å². The number of rotatable bonds is 2. The Morgan fingerprint density at radius 3 is 2.81 bits per heavy atom. The summed E-state index contributed by atoms with van der Waals surface area (Å²) in [6.07, 6.45) is 5.77. The largest absolute Gasteiger partial charge is 0.298 e. The molecule has 0 aliphatic carbocycles. The molecule has 0 fully saturated rings. The van der Waals surface area contributed by atoms with Crippen LogP contribution in [0.4, 0.5) is 0 Å². The summed E-state index contributed by atoms with van der Waals surface area (Å²) in [5, 5.41) is 0.833. The van der Waals surface area contributed by atoms with Crippen molar-refractivity contribution in [3.05, 3.63) is 46.2 Å². The summed E-state index contributed by atoms with van der Waals surface area (Å²) in [4.78, 5) is 22.6. The number of pyridine rings is 1. The third kappa shape index (κ3) is 1.51. The van der Waals surface area contributed by atoms with Crippen molar-refractivity contribution in [2.45, 2.75) is 6.54 Å². The zero-order valence-corrected chi connectivity index (χ0v) is 8.51. The van der Waals surface area contributed by atoms with E-state index in [1.165, 1.54) is 4.57 Å². The molecule has 2 rings (SSSR count). The van der Waals surface area contributed by atoms with Gasteiger partial charge < -0.3 is 0 Å². The number of carbonyl (C=O) groups is 1. The molecule has 0 unspecified atom stereocenters. The van der Waals surface area contributed by atoms with E-state index in [-0.39, 0.29) is 17.7 Å². The SMILES string of the molecule is C#CCn1c(=O)c(C=O)cc2ccccc21. The average molecular weight is 211 g/mol. The van der Waals surface area contributed by atoms with Crippen molar-refractivity contribution < 1.29 is 4.79 Å². The molecule has 0 spiro atoms. The summed E-state index contributed by atoms with van der Waals surface area (Å²) >= 11 is 0. The molecule has 16 heavy (non-hydrogen) atoms. The van der Waals surface area contributed by atoms with E-state index in [1.807, 2.05) is 24.3 Å². The quantitative estimate of drug-likeness (QED) is 0.557. The molecule has 0 radical (unpaired) electrons. The lowest BCUT2D eigenvalue weighted by molar-refractivity contribution is 0.112. The van der Waals surface area contributed by atoms with E-state index >= 15 is 0 Å². The highest BCUT2D eigenvalue weighted by Gasteiger charge is 2.06. The summed E-state index contributed by atoms with van der Waals surface area (Å²) in [7, 11) is 0. The van der Waals surface area contributed by atoms with Crippen molar-refractivity contribution in [3.8, 4) is 12.3 Å².